The Balaban J connectivity index is 1.73. The maximum absolute atomic E-state index is 13.1. The number of hydrogen-bond donors (Lipinski definition) is 1. The molecule has 1 atom stereocenters. The molecule has 0 bridgehead atoms. The van der Waals surface area contributed by atoms with Crippen LogP contribution in [-0.2, 0) is 11.2 Å². The minimum atomic E-state index is -0.798. The fraction of sp³-hybridized carbons (Fsp3) is 0.200. The summed E-state index contributed by atoms with van der Waals surface area (Å²) in [5.74, 6) is -1.59. The lowest BCUT2D eigenvalue weighted by Gasteiger charge is -2.16. The highest BCUT2D eigenvalue weighted by atomic mass is 79.9. The van der Waals surface area contributed by atoms with Crippen LogP contribution in [0.25, 0.3) is 0 Å². The van der Waals surface area contributed by atoms with Gasteiger partial charge < -0.3 is 5.32 Å². The Morgan fingerprint density at radius 2 is 1.57 bits per heavy atom. The molecule has 5 heteroatoms. The first-order valence-corrected chi connectivity index (χ1v) is 10.6. The van der Waals surface area contributed by atoms with E-state index >= 15 is 0 Å². The fourth-order valence-corrected chi connectivity index (χ4v) is 3.49. The predicted molar refractivity (Wildman–Crippen MR) is 121 cm³/mol. The number of nitrogens with one attached hydrogen (secondary N) is 1. The third kappa shape index (κ3) is 6.10. The Hall–Kier alpha value is -2.79. The van der Waals surface area contributed by atoms with Crippen molar-refractivity contribution in [2.75, 3.05) is 5.32 Å². The van der Waals surface area contributed by atoms with Crippen LogP contribution in [0.2, 0.25) is 0 Å². The summed E-state index contributed by atoms with van der Waals surface area (Å²) in [7, 11) is 0. The molecule has 0 aliphatic carbocycles. The molecule has 154 valence electrons. The molecule has 3 nitrogen and oxygen atoms in total. The molecule has 0 aliphatic heterocycles. The van der Waals surface area contributed by atoms with Crippen molar-refractivity contribution in [3.05, 3.63) is 99.8 Å². The second-order valence-corrected chi connectivity index (χ2v) is 8.21. The molecule has 0 saturated carbocycles. The largest absolute Gasteiger partial charge is 0.325 e. The number of benzene rings is 3. The normalized spacial score (nSPS) is 11.7. The SMILES string of the molecule is Cc1ccc(NC(=O)C(CCCc2ccc(F)cc2)C(=O)c2ccc(Br)cc2)cc1. The van der Waals surface area contributed by atoms with Crippen LogP contribution in [0.3, 0.4) is 0 Å². The molecule has 0 radical (unpaired) electrons. The maximum Gasteiger partial charge on any atom is 0.235 e. The molecule has 0 heterocycles. The second kappa shape index (κ2) is 10.3. The van der Waals surface area contributed by atoms with Gasteiger partial charge in [0.05, 0.1) is 0 Å². The Bertz CT molecular complexity index is 999. The molecule has 0 spiro atoms. The van der Waals surface area contributed by atoms with Gasteiger partial charge in [0.15, 0.2) is 5.78 Å². The van der Waals surface area contributed by atoms with E-state index in [0.717, 1.165) is 15.6 Å². The first-order chi connectivity index (χ1) is 14.4. The summed E-state index contributed by atoms with van der Waals surface area (Å²) in [5.41, 5.74) is 3.24. The number of Topliss-reactive ketones (excluding diaryl/α,β-unsaturated/α-hetero) is 1. The van der Waals surface area contributed by atoms with E-state index in [4.69, 9.17) is 0 Å². The van der Waals surface area contributed by atoms with Gasteiger partial charge in [-0.15, -0.1) is 0 Å². The summed E-state index contributed by atoms with van der Waals surface area (Å²) >= 11 is 3.37. The molecule has 0 saturated heterocycles. The van der Waals surface area contributed by atoms with Crippen molar-refractivity contribution in [3.63, 3.8) is 0 Å². The van der Waals surface area contributed by atoms with E-state index < -0.39 is 5.92 Å². The van der Waals surface area contributed by atoms with Crippen LogP contribution < -0.4 is 5.32 Å². The van der Waals surface area contributed by atoms with Gasteiger partial charge in [0, 0.05) is 15.7 Å². The van der Waals surface area contributed by atoms with Crippen molar-refractivity contribution in [1.29, 1.82) is 0 Å². The van der Waals surface area contributed by atoms with Gasteiger partial charge in [-0.3, -0.25) is 9.59 Å². The van der Waals surface area contributed by atoms with Crippen molar-refractivity contribution >= 4 is 33.3 Å². The highest BCUT2D eigenvalue weighted by molar-refractivity contribution is 9.10. The van der Waals surface area contributed by atoms with Gasteiger partial charge in [-0.05, 0) is 68.1 Å². The van der Waals surface area contributed by atoms with Crippen molar-refractivity contribution in [1.82, 2.24) is 0 Å². The van der Waals surface area contributed by atoms with Crippen molar-refractivity contribution in [2.24, 2.45) is 5.92 Å². The van der Waals surface area contributed by atoms with E-state index in [9.17, 15) is 14.0 Å². The summed E-state index contributed by atoms with van der Waals surface area (Å²) in [4.78, 5) is 26.1. The molecule has 1 unspecified atom stereocenters. The van der Waals surface area contributed by atoms with Crippen molar-refractivity contribution < 1.29 is 14.0 Å². The standard InChI is InChI=1S/C25H23BrFNO2/c1-17-5-15-22(16-6-17)28-25(30)23(24(29)19-9-11-20(26)12-10-19)4-2-3-18-7-13-21(27)14-8-18/h5-16,23H,2-4H2,1H3,(H,28,30). The molecular formula is C25H23BrFNO2. The van der Waals surface area contributed by atoms with E-state index in [-0.39, 0.29) is 17.5 Å². The third-order valence-corrected chi connectivity index (χ3v) is 5.48. The van der Waals surface area contributed by atoms with Crippen LogP contribution in [0.1, 0.15) is 34.3 Å². The number of carbonyl (C=O) groups is 2. The topological polar surface area (TPSA) is 46.2 Å². The first-order valence-electron chi connectivity index (χ1n) is 9.84. The highest BCUT2D eigenvalue weighted by Gasteiger charge is 2.27. The number of rotatable bonds is 8. The molecule has 0 fully saturated rings. The first kappa shape index (κ1) is 21.9. The summed E-state index contributed by atoms with van der Waals surface area (Å²) < 4.78 is 14.0. The molecule has 3 aromatic carbocycles. The van der Waals surface area contributed by atoms with Gasteiger partial charge in [-0.25, -0.2) is 4.39 Å². The number of aryl methyl sites for hydroxylation is 2. The zero-order valence-electron chi connectivity index (χ0n) is 16.7. The van der Waals surface area contributed by atoms with Gasteiger partial charge in [-0.2, -0.15) is 0 Å². The maximum atomic E-state index is 13.1. The van der Waals surface area contributed by atoms with Crippen molar-refractivity contribution in [3.8, 4) is 0 Å². The van der Waals surface area contributed by atoms with Gasteiger partial charge >= 0.3 is 0 Å². The van der Waals surface area contributed by atoms with Crippen molar-refractivity contribution in [2.45, 2.75) is 26.2 Å². The second-order valence-electron chi connectivity index (χ2n) is 7.30. The van der Waals surface area contributed by atoms with Crippen LogP contribution in [0.5, 0.6) is 0 Å². The number of amides is 1. The van der Waals surface area contributed by atoms with Crippen LogP contribution in [0.4, 0.5) is 10.1 Å². The molecule has 1 amide bonds. The average molecular weight is 468 g/mol. The predicted octanol–water partition coefficient (Wildman–Crippen LogP) is 6.36. The summed E-state index contributed by atoms with van der Waals surface area (Å²) in [5, 5.41) is 2.87. The number of carbonyl (C=O) groups excluding carboxylic acids is 2. The molecule has 30 heavy (non-hydrogen) atoms. The Morgan fingerprint density at radius 3 is 2.20 bits per heavy atom. The zero-order chi connectivity index (χ0) is 21.5. The quantitative estimate of drug-likeness (QED) is 0.309. The van der Waals surface area contributed by atoms with E-state index in [1.54, 1.807) is 36.4 Å². The van der Waals surface area contributed by atoms with Gasteiger partial charge in [0.25, 0.3) is 0 Å². The Labute approximate surface area is 184 Å². The summed E-state index contributed by atoms with van der Waals surface area (Å²) in [6.45, 7) is 1.97. The lowest BCUT2D eigenvalue weighted by atomic mass is 9.91. The summed E-state index contributed by atoms with van der Waals surface area (Å²) in [6, 6.07) is 20.8. The average Bonchev–Trinajstić information content (AvgIpc) is 2.74. The van der Waals surface area contributed by atoms with Crippen LogP contribution in [0.15, 0.2) is 77.3 Å². The van der Waals surface area contributed by atoms with Crippen LogP contribution in [0, 0.1) is 18.7 Å². The Kier molecular flexibility index (Phi) is 7.52. The number of hydrogen-bond acceptors (Lipinski definition) is 2. The highest BCUT2D eigenvalue weighted by Crippen LogP contribution is 2.21. The number of ketones is 1. The lowest BCUT2D eigenvalue weighted by molar-refractivity contribution is -0.118. The minimum Gasteiger partial charge on any atom is -0.325 e. The smallest absolute Gasteiger partial charge is 0.235 e. The number of halogens is 2. The number of anilines is 1. The zero-order valence-corrected chi connectivity index (χ0v) is 18.3. The monoisotopic (exact) mass is 467 g/mol. The van der Waals surface area contributed by atoms with Crippen LogP contribution in [-0.4, -0.2) is 11.7 Å². The van der Waals surface area contributed by atoms with E-state index in [0.29, 0.717) is 30.5 Å². The summed E-state index contributed by atoms with van der Waals surface area (Å²) in [6.07, 6.45) is 1.71. The molecule has 0 aromatic heterocycles. The molecule has 1 N–H and O–H groups in total. The van der Waals surface area contributed by atoms with E-state index in [1.807, 2.05) is 31.2 Å². The van der Waals surface area contributed by atoms with E-state index in [1.165, 1.54) is 12.1 Å². The molecule has 3 aromatic rings. The fourth-order valence-electron chi connectivity index (χ4n) is 3.22. The molecule has 0 aliphatic rings. The van der Waals surface area contributed by atoms with Gasteiger partial charge in [0.1, 0.15) is 11.7 Å². The van der Waals surface area contributed by atoms with Gasteiger partial charge in [0.2, 0.25) is 5.91 Å². The molecular weight excluding hydrogens is 445 g/mol. The van der Waals surface area contributed by atoms with E-state index in [2.05, 4.69) is 21.2 Å². The Morgan fingerprint density at radius 1 is 0.933 bits per heavy atom. The van der Waals surface area contributed by atoms with Crippen LogP contribution >= 0.6 is 15.9 Å². The van der Waals surface area contributed by atoms with Gasteiger partial charge in [-0.1, -0.05) is 57.9 Å². The minimum absolute atomic E-state index is 0.203. The third-order valence-electron chi connectivity index (χ3n) is 4.95. The molecule has 3 rings (SSSR count). The lowest BCUT2D eigenvalue weighted by Crippen LogP contribution is -2.30.